The summed E-state index contributed by atoms with van der Waals surface area (Å²) in [6.07, 6.45) is 0.149. The van der Waals surface area contributed by atoms with Gasteiger partial charge in [0.05, 0.1) is 11.5 Å². The first-order chi connectivity index (χ1) is 8.45. The molecule has 0 saturated heterocycles. The van der Waals surface area contributed by atoms with Crippen LogP contribution in [0.1, 0.15) is 12.5 Å². The number of carbonyl (C=O) groups excluding carboxylic acids is 1. The van der Waals surface area contributed by atoms with E-state index in [0.29, 0.717) is 10.6 Å². The zero-order valence-corrected chi connectivity index (χ0v) is 11.9. The lowest BCUT2D eigenvalue weighted by Crippen LogP contribution is -2.20. The van der Waals surface area contributed by atoms with E-state index in [1.54, 1.807) is 6.92 Å². The molecule has 18 heavy (non-hydrogen) atoms. The highest BCUT2D eigenvalue weighted by molar-refractivity contribution is 9.10. The van der Waals surface area contributed by atoms with Gasteiger partial charge in [0.2, 0.25) is 0 Å². The Balaban J connectivity index is 2.92. The highest BCUT2D eigenvalue weighted by Crippen LogP contribution is 2.25. The smallest absolute Gasteiger partial charge is 0.320 e. The van der Waals surface area contributed by atoms with E-state index in [-0.39, 0.29) is 18.7 Å². The third-order valence-electron chi connectivity index (χ3n) is 2.18. The maximum absolute atomic E-state index is 11.4. The van der Waals surface area contributed by atoms with Crippen molar-refractivity contribution in [3.63, 3.8) is 0 Å². The fourth-order valence-electron chi connectivity index (χ4n) is 1.40. The molecule has 0 amide bonds. The normalized spacial score (nSPS) is 11.9. The molecule has 0 aromatic heterocycles. The molecular weight excluding hydrogens is 325 g/mol. The molecule has 1 atom stereocenters. The largest absolute Gasteiger partial charge is 0.465 e. The summed E-state index contributed by atoms with van der Waals surface area (Å²) in [5, 5.41) is 11.2. The van der Waals surface area contributed by atoms with E-state index in [1.807, 2.05) is 0 Å². The van der Waals surface area contributed by atoms with Crippen molar-refractivity contribution in [3.8, 4) is 0 Å². The third kappa shape index (κ3) is 3.96. The Kier molecular flexibility index (Phi) is 5.55. The molecule has 0 bridgehead atoms. The predicted molar refractivity (Wildman–Crippen MR) is 71.2 cm³/mol. The lowest BCUT2D eigenvalue weighted by Gasteiger charge is -2.09. The number of esters is 1. The van der Waals surface area contributed by atoms with Gasteiger partial charge in [-0.05, 0) is 19.1 Å². The van der Waals surface area contributed by atoms with E-state index in [0.717, 1.165) is 0 Å². The summed E-state index contributed by atoms with van der Waals surface area (Å²) < 4.78 is 4.82. The number of hydrogen-bond donors (Lipinski definition) is 0. The van der Waals surface area contributed by atoms with Crippen molar-refractivity contribution in [1.82, 2.24) is 0 Å². The van der Waals surface area contributed by atoms with Crippen LogP contribution in [-0.2, 0) is 16.0 Å². The minimum Gasteiger partial charge on any atom is -0.465 e. The van der Waals surface area contributed by atoms with Crippen LogP contribution in [0.4, 0.5) is 5.69 Å². The average molecular weight is 337 g/mol. The Morgan fingerprint density at radius 3 is 2.83 bits per heavy atom. The van der Waals surface area contributed by atoms with Crippen molar-refractivity contribution in [2.24, 2.45) is 0 Å². The van der Waals surface area contributed by atoms with Gasteiger partial charge >= 0.3 is 5.97 Å². The van der Waals surface area contributed by atoms with Gasteiger partial charge in [0.25, 0.3) is 5.69 Å². The topological polar surface area (TPSA) is 69.4 Å². The van der Waals surface area contributed by atoms with E-state index >= 15 is 0 Å². The van der Waals surface area contributed by atoms with Crippen LogP contribution in [0.15, 0.2) is 18.2 Å². The van der Waals surface area contributed by atoms with Crippen molar-refractivity contribution < 1.29 is 14.5 Å². The molecule has 0 saturated carbocycles. The number of benzene rings is 1. The van der Waals surface area contributed by atoms with Crippen LogP contribution in [0.5, 0.6) is 0 Å². The molecule has 1 aromatic carbocycles. The first-order valence-corrected chi connectivity index (χ1v) is 6.48. The van der Waals surface area contributed by atoms with Crippen LogP contribution in [0.2, 0.25) is 5.02 Å². The molecular formula is C11H11BrClNO4. The van der Waals surface area contributed by atoms with Gasteiger partial charge < -0.3 is 4.74 Å². The summed E-state index contributed by atoms with van der Waals surface area (Å²) >= 11 is 8.94. The van der Waals surface area contributed by atoms with Crippen molar-refractivity contribution in [2.75, 3.05) is 6.61 Å². The second-order valence-corrected chi connectivity index (χ2v) is 5.00. The number of ether oxygens (including phenoxy) is 1. The molecule has 1 rings (SSSR count). The Hall–Kier alpha value is -1.14. The van der Waals surface area contributed by atoms with E-state index in [9.17, 15) is 14.9 Å². The molecule has 1 unspecified atom stereocenters. The van der Waals surface area contributed by atoms with Crippen LogP contribution < -0.4 is 0 Å². The Bertz CT molecular complexity index is 466. The fraction of sp³-hybridized carbons (Fsp3) is 0.364. The Labute approximate surface area is 117 Å². The van der Waals surface area contributed by atoms with Crippen LogP contribution in [-0.4, -0.2) is 22.3 Å². The first kappa shape index (κ1) is 14.9. The zero-order chi connectivity index (χ0) is 13.7. The zero-order valence-electron chi connectivity index (χ0n) is 9.56. The Morgan fingerprint density at radius 2 is 2.28 bits per heavy atom. The van der Waals surface area contributed by atoms with Gasteiger partial charge in [-0.1, -0.05) is 27.5 Å². The Morgan fingerprint density at radius 1 is 1.61 bits per heavy atom. The summed E-state index contributed by atoms with van der Waals surface area (Å²) in [6.45, 7) is 1.96. The summed E-state index contributed by atoms with van der Waals surface area (Å²) in [6, 6.07) is 4.24. The number of nitro benzene ring substituents is 1. The highest BCUT2D eigenvalue weighted by Gasteiger charge is 2.22. The van der Waals surface area contributed by atoms with Gasteiger partial charge in [0.15, 0.2) is 0 Å². The second kappa shape index (κ2) is 6.70. The van der Waals surface area contributed by atoms with Crippen LogP contribution >= 0.6 is 27.5 Å². The molecule has 0 spiro atoms. The molecule has 0 heterocycles. The summed E-state index contributed by atoms with van der Waals surface area (Å²) in [5.74, 6) is -0.452. The molecule has 0 fully saturated rings. The van der Waals surface area contributed by atoms with Crippen molar-refractivity contribution in [3.05, 3.63) is 38.9 Å². The number of rotatable bonds is 5. The predicted octanol–water partition coefficient (Wildman–Crippen LogP) is 3.12. The van der Waals surface area contributed by atoms with E-state index in [1.165, 1.54) is 18.2 Å². The number of carbonyl (C=O) groups is 1. The molecule has 0 aliphatic carbocycles. The van der Waals surface area contributed by atoms with E-state index < -0.39 is 15.7 Å². The minimum atomic E-state index is -0.630. The minimum absolute atomic E-state index is 0.0619. The van der Waals surface area contributed by atoms with Crippen LogP contribution in [0, 0.1) is 10.1 Å². The number of halogens is 2. The molecule has 0 aliphatic rings. The van der Waals surface area contributed by atoms with Crippen LogP contribution in [0.3, 0.4) is 0 Å². The molecule has 0 N–H and O–H groups in total. The number of hydrogen-bond acceptors (Lipinski definition) is 4. The molecule has 7 heteroatoms. The quantitative estimate of drug-likeness (QED) is 0.358. The first-order valence-electron chi connectivity index (χ1n) is 5.19. The van der Waals surface area contributed by atoms with Gasteiger partial charge in [-0.2, -0.15) is 0 Å². The molecule has 1 aromatic rings. The van der Waals surface area contributed by atoms with Gasteiger partial charge in [0, 0.05) is 23.1 Å². The third-order valence-corrected chi connectivity index (χ3v) is 3.11. The van der Waals surface area contributed by atoms with Crippen molar-refractivity contribution >= 4 is 39.2 Å². The summed E-state index contributed by atoms with van der Waals surface area (Å²) in [7, 11) is 0. The number of alkyl halides is 1. The molecule has 98 valence electrons. The molecule has 5 nitrogen and oxygen atoms in total. The van der Waals surface area contributed by atoms with E-state index in [2.05, 4.69) is 15.9 Å². The van der Waals surface area contributed by atoms with Crippen molar-refractivity contribution in [2.45, 2.75) is 18.2 Å². The molecule has 0 aliphatic heterocycles. The second-order valence-electron chi connectivity index (χ2n) is 3.45. The lowest BCUT2D eigenvalue weighted by atomic mass is 10.1. The van der Waals surface area contributed by atoms with Gasteiger partial charge in [-0.15, -0.1) is 0 Å². The van der Waals surface area contributed by atoms with Gasteiger partial charge in [-0.25, -0.2) is 0 Å². The van der Waals surface area contributed by atoms with Crippen LogP contribution in [0.25, 0.3) is 0 Å². The summed E-state index contributed by atoms with van der Waals surface area (Å²) in [4.78, 5) is 21.1. The molecule has 0 radical (unpaired) electrons. The maximum Gasteiger partial charge on any atom is 0.320 e. The maximum atomic E-state index is 11.4. The van der Waals surface area contributed by atoms with Gasteiger partial charge in [-0.3, -0.25) is 14.9 Å². The monoisotopic (exact) mass is 335 g/mol. The number of nitrogens with zero attached hydrogens (tertiary/aromatic N) is 1. The standard InChI is InChI=1S/C11H11BrClNO4/c1-2-18-11(15)9(12)6-7-5-8(13)3-4-10(7)14(16)17/h3-5,9H,2,6H2,1H3. The van der Waals surface area contributed by atoms with Gasteiger partial charge in [0.1, 0.15) is 4.83 Å². The summed E-state index contributed by atoms with van der Waals surface area (Å²) in [5.41, 5.74) is 0.329. The lowest BCUT2D eigenvalue weighted by molar-refractivity contribution is -0.385. The van der Waals surface area contributed by atoms with Crippen molar-refractivity contribution in [1.29, 1.82) is 0 Å². The van der Waals surface area contributed by atoms with E-state index in [4.69, 9.17) is 16.3 Å². The fourth-order valence-corrected chi connectivity index (χ4v) is 2.08. The number of nitro groups is 1. The average Bonchev–Trinajstić information content (AvgIpc) is 2.28. The highest BCUT2D eigenvalue weighted by atomic mass is 79.9. The SMILES string of the molecule is CCOC(=O)C(Br)Cc1cc(Cl)ccc1[N+](=O)[O-].